The van der Waals surface area contributed by atoms with Crippen LogP contribution in [0.25, 0.3) is 0 Å². The van der Waals surface area contributed by atoms with Crippen molar-refractivity contribution in [1.29, 1.82) is 0 Å². The molecular formula is C18H18N2O5S. The number of nitrogens with one attached hydrogen (secondary N) is 2. The Kier molecular flexibility index (Phi) is 6.62. The van der Waals surface area contributed by atoms with E-state index in [0.717, 1.165) is 11.1 Å². The molecule has 0 aliphatic rings. The quantitative estimate of drug-likeness (QED) is 0.748. The van der Waals surface area contributed by atoms with Crippen molar-refractivity contribution in [3.8, 4) is 0 Å². The van der Waals surface area contributed by atoms with Gasteiger partial charge < -0.3 is 10.1 Å². The number of carbonyl (C=O) groups is 4. The molecule has 0 saturated heterocycles. The molecule has 0 saturated carbocycles. The first kappa shape index (κ1) is 19.3. The van der Waals surface area contributed by atoms with Gasteiger partial charge in [0, 0.05) is 5.56 Å². The lowest BCUT2D eigenvalue weighted by molar-refractivity contribution is -0.147. The SMILES string of the molecule is Cc1ccc(C(=O)NCC(=O)OCC(=O)NC(=O)c2cccs2)cc1C. The van der Waals surface area contributed by atoms with E-state index >= 15 is 0 Å². The summed E-state index contributed by atoms with van der Waals surface area (Å²) in [6.45, 7) is 2.84. The highest BCUT2D eigenvalue weighted by Gasteiger charge is 2.14. The fourth-order valence-corrected chi connectivity index (χ4v) is 2.59. The molecule has 2 rings (SSSR count). The summed E-state index contributed by atoms with van der Waals surface area (Å²) < 4.78 is 4.74. The summed E-state index contributed by atoms with van der Waals surface area (Å²) in [4.78, 5) is 47.2. The fourth-order valence-electron chi connectivity index (χ4n) is 1.97. The van der Waals surface area contributed by atoms with E-state index in [-0.39, 0.29) is 6.54 Å². The minimum atomic E-state index is -0.777. The van der Waals surface area contributed by atoms with Crippen molar-refractivity contribution >= 4 is 35.0 Å². The minimum Gasteiger partial charge on any atom is -0.454 e. The highest BCUT2D eigenvalue weighted by molar-refractivity contribution is 7.12. The summed E-state index contributed by atoms with van der Waals surface area (Å²) >= 11 is 1.19. The lowest BCUT2D eigenvalue weighted by atomic mass is 10.1. The van der Waals surface area contributed by atoms with Crippen LogP contribution >= 0.6 is 11.3 Å². The highest BCUT2D eigenvalue weighted by atomic mass is 32.1. The van der Waals surface area contributed by atoms with Gasteiger partial charge in [0.15, 0.2) is 6.61 Å². The molecule has 0 radical (unpaired) electrons. The second kappa shape index (κ2) is 8.91. The predicted octanol–water partition coefficient (Wildman–Crippen LogP) is 1.59. The number of rotatable bonds is 6. The number of ether oxygens (including phenoxy) is 1. The molecule has 0 fully saturated rings. The van der Waals surface area contributed by atoms with Crippen molar-refractivity contribution in [2.45, 2.75) is 13.8 Å². The molecule has 2 N–H and O–H groups in total. The number of hydrogen-bond donors (Lipinski definition) is 2. The van der Waals surface area contributed by atoms with Gasteiger partial charge in [0.05, 0.1) is 4.88 Å². The number of carbonyl (C=O) groups excluding carboxylic acids is 4. The lowest BCUT2D eigenvalue weighted by Crippen LogP contribution is -2.36. The summed E-state index contributed by atoms with van der Waals surface area (Å²) in [5.41, 5.74) is 2.46. The third-order valence-corrected chi connectivity index (χ3v) is 4.39. The number of esters is 1. The van der Waals surface area contributed by atoms with Crippen LogP contribution in [-0.2, 0) is 14.3 Å². The molecular weight excluding hydrogens is 356 g/mol. The van der Waals surface area contributed by atoms with E-state index in [4.69, 9.17) is 4.74 Å². The molecule has 1 heterocycles. The average molecular weight is 374 g/mol. The fraction of sp³-hybridized carbons (Fsp3) is 0.222. The van der Waals surface area contributed by atoms with Gasteiger partial charge in [0.25, 0.3) is 17.7 Å². The van der Waals surface area contributed by atoms with E-state index in [1.807, 2.05) is 19.9 Å². The number of imide groups is 1. The second-order valence-electron chi connectivity index (χ2n) is 5.50. The van der Waals surface area contributed by atoms with Gasteiger partial charge in [-0.3, -0.25) is 24.5 Å². The Morgan fingerprint density at radius 2 is 1.81 bits per heavy atom. The summed E-state index contributed by atoms with van der Waals surface area (Å²) in [5, 5.41) is 6.24. The molecule has 0 spiro atoms. The largest absolute Gasteiger partial charge is 0.454 e. The normalized spacial score (nSPS) is 10.1. The van der Waals surface area contributed by atoms with Crippen LogP contribution in [-0.4, -0.2) is 36.8 Å². The molecule has 2 aromatic rings. The van der Waals surface area contributed by atoms with E-state index < -0.39 is 30.3 Å². The van der Waals surface area contributed by atoms with E-state index in [2.05, 4.69) is 10.6 Å². The van der Waals surface area contributed by atoms with E-state index in [1.165, 1.54) is 11.3 Å². The molecule has 136 valence electrons. The third-order valence-electron chi connectivity index (χ3n) is 3.52. The number of benzene rings is 1. The lowest BCUT2D eigenvalue weighted by Gasteiger charge is -2.08. The average Bonchev–Trinajstić information content (AvgIpc) is 3.15. The Morgan fingerprint density at radius 1 is 1.04 bits per heavy atom. The monoisotopic (exact) mass is 374 g/mol. The van der Waals surface area contributed by atoms with Crippen molar-refractivity contribution in [3.05, 3.63) is 57.3 Å². The van der Waals surface area contributed by atoms with Crippen LogP contribution in [0.5, 0.6) is 0 Å². The van der Waals surface area contributed by atoms with E-state index in [0.29, 0.717) is 10.4 Å². The zero-order chi connectivity index (χ0) is 19.1. The first-order chi connectivity index (χ1) is 12.4. The van der Waals surface area contributed by atoms with Gasteiger partial charge in [-0.1, -0.05) is 12.1 Å². The third kappa shape index (κ3) is 5.52. The Morgan fingerprint density at radius 3 is 2.46 bits per heavy atom. The van der Waals surface area contributed by atoms with Crippen LogP contribution in [0.15, 0.2) is 35.7 Å². The summed E-state index contributed by atoms with van der Waals surface area (Å²) in [7, 11) is 0. The molecule has 0 aliphatic carbocycles. The standard InChI is InChI=1S/C18H18N2O5S/c1-11-5-6-13(8-12(11)2)17(23)19-9-16(22)25-10-15(21)20-18(24)14-4-3-7-26-14/h3-8H,9-10H2,1-2H3,(H,19,23)(H,20,21,24). The Labute approximate surface area is 154 Å². The van der Waals surface area contributed by atoms with Gasteiger partial charge in [0.2, 0.25) is 0 Å². The minimum absolute atomic E-state index is 0.377. The van der Waals surface area contributed by atoms with Crippen LogP contribution in [0.1, 0.15) is 31.2 Å². The maximum atomic E-state index is 12.0. The topological polar surface area (TPSA) is 102 Å². The highest BCUT2D eigenvalue weighted by Crippen LogP contribution is 2.09. The molecule has 1 aromatic heterocycles. The first-order valence-corrected chi connectivity index (χ1v) is 8.63. The molecule has 0 unspecified atom stereocenters. The van der Waals surface area contributed by atoms with Crippen molar-refractivity contribution < 1.29 is 23.9 Å². The first-order valence-electron chi connectivity index (χ1n) is 7.75. The van der Waals surface area contributed by atoms with Gasteiger partial charge >= 0.3 is 5.97 Å². The van der Waals surface area contributed by atoms with Crippen molar-refractivity contribution in [3.63, 3.8) is 0 Å². The van der Waals surface area contributed by atoms with Gasteiger partial charge in [-0.15, -0.1) is 11.3 Å². The van der Waals surface area contributed by atoms with Gasteiger partial charge in [0.1, 0.15) is 6.54 Å². The van der Waals surface area contributed by atoms with Gasteiger partial charge in [-0.2, -0.15) is 0 Å². The van der Waals surface area contributed by atoms with Crippen LogP contribution in [0.3, 0.4) is 0 Å². The van der Waals surface area contributed by atoms with Gasteiger partial charge in [-0.25, -0.2) is 0 Å². The summed E-state index contributed by atoms with van der Waals surface area (Å²) in [6.07, 6.45) is 0. The zero-order valence-electron chi connectivity index (χ0n) is 14.3. The summed E-state index contributed by atoms with van der Waals surface area (Å²) in [5.74, 6) is -2.48. The molecule has 1 aromatic carbocycles. The molecule has 26 heavy (non-hydrogen) atoms. The zero-order valence-corrected chi connectivity index (χ0v) is 15.1. The Bertz CT molecular complexity index is 830. The predicted molar refractivity (Wildman–Crippen MR) is 96.0 cm³/mol. The maximum absolute atomic E-state index is 12.0. The van der Waals surface area contributed by atoms with Crippen LogP contribution in [0.2, 0.25) is 0 Å². The molecule has 0 bridgehead atoms. The van der Waals surface area contributed by atoms with Crippen LogP contribution in [0, 0.1) is 13.8 Å². The number of hydrogen-bond acceptors (Lipinski definition) is 6. The maximum Gasteiger partial charge on any atom is 0.325 e. The molecule has 8 heteroatoms. The number of aryl methyl sites for hydroxylation is 2. The van der Waals surface area contributed by atoms with Crippen LogP contribution < -0.4 is 10.6 Å². The van der Waals surface area contributed by atoms with Crippen molar-refractivity contribution in [1.82, 2.24) is 10.6 Å². The summed E-state index contributed by atoms with van der Waals surface area (Å²) in [6, 6.07) is 8.45. The van der Waals surface area contributed by atoms with Crippen molar-refractivity contribution in [2.75, 3.05) is 13.2 Å². The molecule has 0 aliphatic heterocycles. The van der Waals surface area contributed by atoms with E-state index in [1.54, 1.807) is 29.6 Å². The Hall–Kier alpha value is -3.00. The molecule has 7 nitrogen and oxygen atoms in total. The van der Waals surface area contributed by atoms with E-state index in [9.17, 15) is 19.2 Å². The van der Waals surface area contributed by atoms with Crippen molar-refractivity contribution in [2.24, 2.45) is 0 Å². The molecule has 0 atom stereocenters. The Balaban J connectivity index is 1.72. The smallest absolute Gasteiger partial charge is 0.325 e. The number of amides is 3. The second-order valence-corrected chi connectivity index (χ2v) is 6.44. The van der Waals surface area contributed by atoms with Gasteiger partial charge in [-0.05, 0) is 48.6 Å². The number of thiophene rings is 1. The van der Waals surface area contributed by atoms with Crippen LogP contribution in [0.4, 0.5) is 0 Å². The molecule has 3 amide bonds.